The third-order valence-electron chi connectivity index (χ3n) is 4.85. The summed E-state index contributed by atoms with van der Waals surface area (Å²) in [7, 11) is 0. The first-order valence-electron chi connectivity index (χ1n) is 7.44. The molecular weight excluding hydrogens is 236 g/mol. The van der Waals surface area contributed by atoms with Crippen molar-refractivity contribution in [2.24, 2.45) is 0 Å². The van der Waals surface area contributed by atoms with E-state index in [1.807, 2.05) is 13.0 Å². The van der Waals surface area contributed by atoms with Gasteiger partial charge in [0, 0.05) is 18.0 Å². The van der Waals surface area contributed by atoms with Crippen molar-refractivity contribution in [2.75, 3.05) is 13.1 Å². The molecule has 3 rings (SSSR count). The normalized spacial score (nSPS) is 22.8. The standard InChI is InChI=1S/C16H22N2O/c1-13-6-9-17-12-14(13)15(19)16(7-2-3-8-16)18-10-4-5-11-18/h6,9,12H,2-5,7-8,10-11H2,1H3. The van der Waals surface area contributed by atoms with Crippen molar-refractivity contribution in [1.29, 1.82) is 0 Å². The van der Waals surface area contributed by atoms with Crippen LogP contribution in [-0.2, 0) is 0 Å². The highest BCUT2D eigenvalue weighted by Gasteiger charge is 2.47. The van der Waals surface area contributed by atoms with Gasteiger partial charge in [0.1, 0.15) is 0 Å². The number of likely N-dealkylation sites (tertiary alicyclic amines) is 1. The SMILES string of the molecule is Cc1ccncc1C(=O)C1(N2CCCC2)CCCC1. The second kappa shape index (κ2) is 5.04. The number of hydrogen-bond donors (Lipinski definition) is 0. The van der Waals surface area contributed by atoms with Crippen molar-refractivity contribution in [3.05, 3.63) is 29.6 Å². The van der Waals surface area contributed by atoms with Crippen molar-refractivity contribution in [3.8, 4) is 0 Å². The summed E-state index contributed by atoms with van der Waals surface area (Å²) < 4.78 is 0. The lowest BCUT2D eigenvalue weighted by atomic mass is 9.85. The first-order chi connectivity index (χ1) is 9.24. The fourth-order valence-electron chi connectivity index (χ4n) is 3.74. The van der Waals surface area contributed by atoms with Crippen LogP contribution < -0.4 is 0 Å². The van der Waals surface area contributed by atoms with E-state index in [0.717, 1.165) is 37.1 Å². The Kier molecular flexibility index (Phi) is 3.40. The van der Waals surface area contributed by atoms with Gasteiger partial charge in [-0.3, -0.25) is 14.7 Å². The van der Waals surface area contributed by atoms with Crippen LogP contribution in [-0.4, -0.2) is 34.3 Å². The molecule has 102 valence electrons. The Labute approximate surface area is 115 Å². The third kappa shape index (κ3) is 2.10. The molecule has 0 unspecified atom stereocenters. The number of ketones is 1. The van der Waals surface area contributed by atoms with E-state index in [1.165, 1.54) is 25.7 Å². The second-order valence-corrected chi connectivity index (χ2v) is 5.95. The molecule has 0 amide bonds. The number of hydrogen-bond acceptors (Lipinski definition) is 3. The molecule has 19 heavy (non-hydrogen) atoms. The van der Waals surface area contributed by atoms with E-state index in [9.17, 15) is 4.79 Å². The van der Waals surface area contributed by atoms with Crippen molar-refractivity contribution in [2.45, 2.75) is 51.0 Å². The first kappa shape index (κ1) is 12.8. The monoisotopic (exact) mass is 258 g/mol. The van der Waals surface area contributed by atoms with Crippen molar-refractivity contribution in [3.63, 3.8) is 0 Å². The summed E-state index contributed by atoms with van der Waals surface area (Å²) in [4.78, 5) is 19.7. The summed E-state index contributed by atoms with van der Waals surface area (Å²) in [5, 5.41) is 0. The van der Waals surface area contributed by atoms with Crippen molar-refractivity contribution in [1.82, 2.24) is 9.88 Å². The number of carbonyl (C=O) groups is 1. The van der Waals surface area contributed by atoms with Crippen LogP contribution in [0.3, 0.4) is 0 Å². The van der Waals surface area contributed by atoms with Crippen LogP contribution in [0, 0.1) is 6.92 Å². The van der Waals surface area contributed by atoms with Gasteiger partial charge in [-0.1, -0.05) is 12.8 Å². The maximum Gasteiger partial charge on any atom is 0.184 e. The molecule has 0 bridgehead atoms. The fourth-order valence-corrected chi connectivity index (χ4v) is 3.74. The topological polar surface area (TPSA) is 33.2 Å². The smallest absolute Gasteiger partial charge is 0.184 e. The van der Waals surface area contributed by atoms with Gasteiger partial charge < -0.3 is 0 Å². The molecule has 1 aliphatic heterocycles. The summed E-state index contributed by atoms with van der Waals surface area (Å²) in [6.45, 7) is 4.19. The van der Waals surface area contributed by atoms with E-state index >= 15 is 0 Å². The number of rotatable bonds is 3. The van der Waals surface area contributed by atoms with Crippen LogP contribution in [0.4, 0.5) is 0 Å². The minimum atomic E-state index is -0.218. The minimum Gasteiger partial charge on any atom is -0.292 e. The average molecular weight is 258 g/mol. The second-order valence-electron chi connectivity index (χ2n) is 5.95. The molecule has 0 aromatic carbocycles. The fraction of sp³-hybridized carbons (Fsp3) is 0.625. The van der Waals surface area contributed by atoms with E-state index in [2.05, 4.69) is 9.88 Å². The van der Waals surface area contributed by atoms with E-state index < -0.39 is 0 Å². The Morgan fingerprint density at radius 2 is 1.89 bits per heavy atom. The Bertz CT molecular complexity index is 471. The molecule has 0 N–H and O–H groups in total. The third-order valence-corrected chi connectivity index (χ3v) is 4.85. The Morgan fingerprint density at radius 3 is 2.53 bits per heavy atom. The zero-order valence-electron chi connectivity index (χ0n) is 11.7. The van der Waals surface area contributed by atoms with E-state index in [4.69, 9.17) is 0 Å². The predicted octanol–water partition coefficient (Wildman–Crippen LogP) is 2.98. The summed E-state index contributed by atoms with van der Waals surface area (Å²) in [6.07, 6.45) is 10.4. The molecule has 0 spiro atoms. The van der Waals surface area contributed by atoms with Gasteiger partial charge in [-0.25, -0.2) is 0 Å². The lowest BCUT2D eigenvalue weighted by molar-refractivity contribution is 0.0625. The average Bonchev–Trinajstić information content (AvgIpc) is 3.10. The lowest BCUT2D eigenvalue weighted by Crippen LogP contribution is -2.51. The Hall–Kier alpha value is -1.22. The molecular formula is C16H22N2O. The maximum absolute atomic E-state index is 13.1. The van der Waals surface area contributed by atoms with Gasteiger partial charge in [0.05, 0.1) is 5.54 Å². The number of aryl methyl sites for hydroxylation is 1. The molecule has 2 heterocycles. The van der Waals surface area contributed by atoms with Gasteiger partial charge in [0.25, 0.3) is 0 Å². The van der Waals surface area contributed by atoms with Gasteiger partial charge in [-0.05, 0) is 57.3 Å². The highest BCUT2D eigenvalue weighted by molar-refractivity contribution is 6.04. The maximum atomic E-state index is 13.1. The first-order valence-corrected chi connectivity index (χ1v) is 7.44. The lowest BCUT2D eigenvalue weighted by Gasteiger charge is -2.37. The van der Waals surface area contributed by atoms with Crippen molar-refractivity contribution < 1.29 is 4.79 Å². The van der Waals surface area contributed by atoms with Crippen LogP contribution in [0.1, 0.15) is 54.4 Å². The molecule has 2 fully saturated rings. The van der Waals surface area contributed by atoms with Gasteiger partial charge in [-0.15, -0.1) is 0 Å². The molecule has 0 radical (unpaired) electrons. The predicted molar refractivity (Wildman–Crippen MR) is 75.3 cm³/mol. The van der Waals surface area contributed by atoms with Gasteiger partial charge in [-0.2, -0.15) is 0 Å². The molecule has 1 aliphatic carbocycles. The summed E-state index contributed by atoms with van der Waals surface area (Å²) in [5.74, 6) is 0.317. The van der Waals surface area contributed by atoms with E-state index in [0.29, 0.717) is 5.78 Å². The molecule has 1 aromatic heterocycles. The summed E-state index contributed by atoms with van der Waals surface area (Å²) in [5.41, 5.74) is 1.67. The molecule has 1 saturated heterocycles. The summed E-state index contributed by atoms with van der Waals surface area (Å²) >= 11 is 0. The summed E-state index contributed by atoms with van der Waals surface area (Å²) in [6, 6.07) is 1.94. The molecule has 0 atom stereocenters. The number of aromatic nitrogens is 1. The quantitative estimate of drug-likeness (QED) is 0.781. The highest BCUT2D eigenvalue weighted by atomic mass is 16.1. The van der Waals surface area contributed by atoms with Gasteiger partial charge >= 0.3 is 0 Å². The highest BCUT2D eigenvalue weighted by Crippen LogP contribution is 2.40. The number of Topliss-reactive ketones (excluding diaryl/α,β-unsaturated/α-hetero) is 1. The van der Waals surface area contributed by atoms with Crippen LogP contribution >= 0.6 is 0 Å². The number of nitrogens with zero attached hydrogens (tertiary/aromatic N) is 2. The molecule has 2 aliphatic rings. The van der Waals surface area contributed by atoms with Gasteiger partial charge in [0.15, 0.2) is 5.78 Å². The van der Waals surface area contributed by atoms with Crippen LogP contribution in [0.5, 0.6) is 0 Å². The van der Waals surface area contributed by atoms with Crippen molar-refractivity contribution >= 4 is 5.78 Å². The van der Waals surface area contributed by atoms with E-state index in [1.54, 1.807) is 12.4 Å². The number of carbonyl (C=O) groups excluding carboxylic acids is 1. The zero-order valence-corrected chi connectivity index (χ0v) is 11.7. The van der Waals surface area contributed by atoms with Gasteiger partial charge in [0.2, 0.25) is 0 Å². The van der Waals surface area contributed by atoms with Crippen LogP contribution in [0.2, 0.25) is 0 Å². The Morgan fingerprint density at radius 1 is 1.21 bits per heavy atom. The molecule has 1 aromatic rings. The molecule has 3 nitrogen and oxygen atoms in total. The molecule has 1 saturated carbocycles. The largest absolute Gasteiger partial charge is 0.292 e. The Balaban J connectivity index is 1.96. The molecule has 3 heteroatoms. The van der Waals surface area contributed by atoms with Crippen LogP contribution in [0.25, 0.3) is 0 Å². The van der Waals surface area contributed by atoms with E-state index in [-0.39, 0.29) is 5.54 Å². The van der Waals surface area contributed by atoms with Crippen LogP contribution in [0.15, 0.2) is 18.5 Å². The zero-order chi connectivity index (χ0) is 13.3. The minimum absolute atomic E-state index is 0.218. The number of pyridine rings is 1.